The van der Waals surface area contributed by atoms with Crippen LogP contribution in [0.1, 0.15) is 12.5 Å². The highest BCUT2D eigenvalue weighted by Gasteiger charge is 2.28. The maximum absolute atomic E-state index is 12.4. The number of hydrogen-bond donors (Lipinski definition) is 2. The van der Waals surface area contributed by atoms with Crippen LogP contribution in [-0.4, -0.2) is 25.0 Å². The molecule has 2 aromatic carbocycles. The zero-order chi connectivity index (χ0) is 16.4. The van der Waals surface area contributed by atoms with Gasteiger partial charge in [-0.1, -0.05) is 30.3 Å². The SMILES string of the molecule is C[C@](N)(Cc1ccc(S(=O)(=O)c2ccccc2)cc1)C(=O)O. The predicted molar refractivity (Wildman–Crippen MR) is 82.3 cm³/mol. The Morgan fingerprint density at radius 2 is 1.55 bits per heavy atom. The number of carbonyl (C=O) groups is 1. The van der Waals surface area contributed by atoms with E-state index in [0.717, 1.165) is 0 Å². The normalized spacial score (nSPS) is 14.3. The molecule has 0 aromatic heterocycles. The molecule has 0 amide bonds. The van der Waals surface area contributed by atoms with Gasteiger partial charge in [-0.05, 0) is 36.8 Å². The lowest BCUT2D eigenvalue weighted by Gasteiger charge is -2.19. The maximum Gasteiger partial charge on any atom is 0.323 e. The standard InChI is InChI=1S/C16H17NO4S/c1-16(17,15(18)19)11-12-7-9-14(10-8-12)22(20,21)13-5-3-2-4-6-13/h2-10H,11,17H2,1H3,(H,18,19)/t16-/m0/s1. The highest BCUT2D eigenvalue weighted by molar-refractivity contribution is 7.91. The van der Waals surface area contributed by atoms with E-state index in [4.69, 9.17) is 10.8 Å². The number of hydrogen-bond acceptors (Lipinski definition) is 4. The maximum atomic E-state index is 12.4. The fourth-order valence-corrected chi connectivity index (χ4v) is 3.30. The molecule has 5 nitrogen and oxygen atoms in total. The third-order valence-electron chi connectivity index (χ3n) is 3.35. The summed E-state index contributed by atoms with van der Waals surface area (Å²) in [4.78, 5) is 11.4. The van der Waals surface area contributed by atoms with E-state index in [1.165, 1.54) is 31.2 Å². The minimum absolute atomic E-state index is 0.119. The van der Waals surface area contributed by atoms with Crippen LogP contribution in [0.25, 0.3) is 0 Å². The second kappa shape index (κ2) is 5.90. The molecule has 0 fully saturated rings. The number of benzene rings is 2. The van der Waals surface area contributed by atoms with Crippen LogP contribution in [0.2, 0.25) is 0 Å². The van der Waals surface area contributed by atoms with Gasteiger partial charge >= 0.3 is 5.97 Å². The highest BCUT2D eigenvalue weighted by atomic mass is 32.2. The van der Waals surface area contributed by atoms with Crippen molar-refractivity contribution in [2.45, 2.75) is 28.7 Å². The Balaban J connectivity index is 2.28. The molecule has 1 atom stereocenters. The topological polar surface area (TPSA) is 97.5 Å². The summed E-state index contributed by atoms with van der Waals surface area (Å²) in [7, 11) is -3.56. The largest absolute Gasteiger partial charge is 0.480 e. The Labute approximate surface area is 129 Å². The van der Waals surface area contributed by atoms with Crippen molar-refractivity contribution in [1.29, 1.82) is 0 Å². The van der Waals surface area contributed by atoms with Gasteiger partial charge in [0, 0.05) is 6.42 Å². The van der Waals surface area contributed by atoms with Gasteiger partial charge in [0.25, 0.3) is 0 Å². The van der Waals surface area contributed by atoms with Crippen LogP contribution < -0.4 is 5.73 Å². The summed E-state index contributed by atoms with van der Waals surface area (Å²) in [6.45, 7) is 1.42. The minimum Gasteiger partial charge on any atom is -0.480 e. The van der Waals surface area contributed by atoms with Gasteiger partial charge in [-0.15, -0.1) is 0 Å². The Bertz CT molecular complexity index is 766. The predicted octanol–water partition coefficient (Wildman–Crippen LogP) is 1.86. The first-order valence-electron chi connectivity index (χ1n) is 6.65. The molecule has 22 heavy (non-hydrogen) atoms. The number of rotatable bonds is 5. The zero-order valence-electron chi connectivity index (χ0n) is 12.1. The number of sulfone groups is 1. The average molecular weight is 319 g/mol. The molecular weight excluding hydrogens is 302 g/mol. The molecular formula is C16H17NO4S. The van der Waals surface area contributed by atoms with Gasteiger partial charge in [-0.3, -0.25) is 4.79 Å². The molecule has 0 bridgehead atoms. The van der Waals surface area contributed by atoms with Gasteiger partial charge in [0.1, 0.15) is 5.54 Å². The van der Waals surface area contributed by atoms with Crippen molar-refractivity contribution in [2.24, 2.45) is 5.73 Å². The monoisotopic (exact) mass is 319 g/mol. The molecule has 3 N–H and O–H groups in total. The van der Waals surface area contributed by atoms with Gasteiger partial charge in [0.2, 0.25) is 9.84 Å². The zero-order valence-corrected chi connectivity index (χ0v) is 12.9. The van der Waals surface area contributed by atoms with Gasteiger partial charge in [-0.2, -0.15) is 0 Å². The number of aliphatic carboxylic acids is 1. The Morgan fingerprint density at radius 3 is 2.05 bits per heavy atom. The van der Waals surface area contributed by atoms with Crippen LogP contribution >= 0.6 is 0 Å². The third-order valence-corrected chi connectivity index (χ3v) is 5.13. The summed E-state index contributed by atoms with van der Waals surface area (Å²) < 4.78 is 24.8. The number of nitrogens with two attached hydrogens (primary N) is 1. The van der Waals surface area contributed by atoms with E-state index >= 15 is 0 Å². The van der Waals surface area contributed by atoms with Crippen LogP contribution in [0.3, 0.4) is 0 Å². The lowest BCUT2D eigenvalue weighted by atomic mass is 9.94. The second-order valence-electron chi connectivity index (χ2n) is 5.36. The molecule has 0 spiro atoms. The molecule has 2 aromatic rings. The molecule has 0 aliphatic rings. The van der Waals surface area contributed by atoms with E-state index in [0.29, 0.717) is 5.56 Å². The Kier molecular flexibility index (Phi) is 4.35. The molecule has 0 heterocycles. The first-order valence-corrected chi connectivity index (χ1v) is 8.13. The summed E-state index contributed by atoms with van der Waals surface area (Å²) in [6, 6.07) is 14.2. The molecule has 2 rings (SSSR count). The van der Waals surface area contributed by atoms with Crippen LogP contribution in [0.15, 0.2) is 64.4 Å². The quantitative estimate of drug-likeness (QED) is 0.876. The highest BCUT2D eigenvalue weighted by Crippen LogP contribution is 2.21. The summed E-state index contributed by atoms with van der Waals surface area (Å²) >= 11 is 0. The molecule has 0 aliphatic carbocycles. The molecule has 116 valence electrons. The van der Waals surface area contributed by atoms with Crippen LogP contribution in [0.4, 0.5) is 0 Å². The first kappa shape index (κ1) is 16.2. The van der Waals surface area contributed by atoms with Crippen molar-refractivity contribution >= 4 is 15.8 Å². The lowest BCUT2D eigenvalue weighted by molar-refractivity contribution is -0.142. The number of carboxylic acids is 1. The van der Waals surface area contributed by atoms with E-state index in [-0.39, 0.29) is 16.2 Å². The average Bonchev–Trinajstić information content (AvgIpc) is 2.48. The second-order valence-corrected chi connectivity index (χ2v) is 7.31. The molecule has 6 heteroatoms. The summed E-state index contributed by atoms with van der Waals surface area (Å²) in [6.07, 6.45) is 0.119. The van der Waals surface area contributed by atoms with Crippen molar-refractivity contribution in [3.8, 4) is 0 Å². The van der Waals surface area contributed by atoms with Crippen LogP contribution in [0.5, 0.6) is 0 Å². The Morgan fingerprint density at radius 1 is 1.05 bits per heavy atom. The summed E-state index contributed by atoms with van der Waals surface area (Å²) in [5, 5.41) is 9.01. The summed E-state index contributed by atoms with van der Waals surface area (Å²) in [5.74, 6) is -1.10. The summed E-state index contributed by atoms with van der Waals surface area (Å²) in [5.41, 5.74) is 4.97. The van der Waals surface area contributed by atoms with Crippen LogP contribution in [0, 0.1) is 0 Å². The van der Waals surface area contributed by atoms with Gasteiger partial charge in [0.05, 0.1) is 9.79 Å². The molecule has 0 saturated carbocycles. The Hall–Kier alpha value is -2.18. The van der Waals surface area contributed by atoms with Gasteiger partial charge < -0.3 is 10.8 Å². The number of carboxylic acid groups (broad SMARTS) is 1. The van der Waals surface area contributed by atoms with E-state index in [9.17, 15) is 13.2 Å². The lowest BCUT2D eigenvalue weighted by Crippen LogP contribution is -2.46. The van der Waals surface area contributed by atoms with E-state index in [2.05, 4.69) is 0 Å². The van der Waals surface area contributed by atoms with Crippen molar-refractivity contribution in [2.75, 3.05) is 0 Å². The molecule has 0 radical (unpaired) electrons. The van der Waals surface area contributed by atoms with Crippen molar-refractivity contribution in [3.05, 3.63) is 60.2 Å². The van der Waals surface area contributed by atoms with Crippen LogP contribution in [-0.2, 0) is 21.1 Å². The molecule has 0 unspecified atom stereocenters. The van der Waals surface area contributed by atoms with E-state index < -0.39 is 21.3 Å². The van der Waals surface area contributed by atoms with Crippen molar-refractivity contribution in [3.63, 3.8) is 0 Å². The van der Waals surface area contributed by atoms with Gasteiger partial charge in [0.15, 0.2) is 0 Å². The smallest absolute Gasteiger partial charge is 0.323 e. The first-order chi connectivity index (χ1) is 10.2. The molecule has 0 aliphatic heterocycles. The van der Waals surface area contributed by atoms with E-state index in [1.54, 1.807) is 30.3 Å². The fraction of sp³-hybridized carbons (Fsp3) is 0.188. The van der Waals surface area contributed by atoms with Crippen molar-refractivity contribution < 1.29 is 18.3 Å². The van der Waals surface area contributed by atoms with Crippen molar-refractivity contribution in [1.82, 2.24) is 0 Å². The fourth-order valence-electron chi connectivity index (χ4n) is 2.02. The minimum atomic E-state index is -3.56. The van der Waals surface area contributed by atoms with Gasteiger partial charge in [-0.25, -0.2) is 8.42 Å². The van der Waals surface area contributed by atoms with E-state index in [1.807, 2.05) is 0 Å². The third kappa shape index (κ3) is 3.35. The molecule has 0 saturated heterocycles.